The molecule has 1 aromatic rings. The van der Waals surface area contributed by atoms with Crippen LogP contribution in [0.4, 0.5) is 5.69 Å². The highest BCUT2D eigenvalue weighted by atomic mass is 32.1. The molecule has 0 spiro atoms. The second-order valence-electron chi connectivity index (χ2n) is 2.88. The molecule has 1 aromatic carbocycles. The molecule has 4 heteroatoms. The number of methoxy groups -OCH3 is 1. The largest absolute Gasteiger partial charge is 0.497 e. The predicted molar refractivity (Wildman–Crippen MR) is 62.9 cm³/mol. The van der Waals surface area contributed by atoms with Gasteiger partial charge in [-0.15, -0.1) is 0 Å². The molecule has 0 bridgehead atoms. The van der Waals surface area contributed by atoms with E-state index < -0.39 is 0 Å². The first-order valence-corrected chi connectivity index (χ1v) is 4.79. The zero-order valence-corrected chi connectivity index (χ0v) is 8.93. The van der Waals surface area contributed by atoms with Crippen molar-refractivity contribution in [2.45, 2.75) is 6.42 Å². The number of ether oxygens (including phenoxy) is 1. The highest BCUT2D eigenvalue weighted by Gasteiger charge is 1.95. The molecule has 0 unspecified atom stereocenters. The molecule has 0 aliphatic rings. The van der Waals surface area contributed by atoms with E-state index >= 15 is 0 Å². The molecule has 0 heterocycles. The van der Waals surface area contributed by atoms with Crippen LogP contribution in [-0.2, 0) is 0 Å². The second kappa shape index (κ2) is 5.44. The van der Waals surface area contributed by atoms with Gasteiger partial charge in [0.15, 0.2) is 0 Å². The summed E-state index contributed by atoms with van der Waals surface area (Å²) in [6.07, 6.45) is 0.701. The van der Waals surface area contributed by atoms with Crippen LogP contribution in [0.25, 0.3) is 0 Å². The van der Waals surface area contributed by atoms with Gasteiger partial charge in [-0.05, 0) is 12.1 Å². The van der Waals surface area contributed by atoms with Crippen molar-refractivity contribution >= 4 is 22.9 Å². The molecule has 3 nitrogen and oxygen atoms in total. The Morgan fingerprint density at radius 3 is 3.00 bits per heavy atom. The van der Waals surface area contributed by atoms with Gasteiger partial charge in [0.2, 0.25) is 0 Å². The Hall–Kier alpha value is -1.29. The molecule has 0 aliphatic heterocycles. The number of anilines is 1. The quantitative estimate of drug-likeness (QED) is 0.727. The van der Waals surface area contributed by atoms with Crippen LogP contribution in [-0.4, -0.2) is 18.6 Å². The maximum absolute atomic E-state index is 5.38. The van der Waals surface area contributed by atoms with Gasteiger partial charge in [0.1, 0.15) is 5.75 Å². The highest BCUT2D eigenvalue weighted by molar-refractivity contribution is 7.80. The van der Waals surface area contributed by atoms with Crippen LogP contribution in [0.2, 0.25) is 0 Å². The maximum atomic E-state index is 5.38. The fourth-order valence-corrected chi connectivity index (χ4v) is 1.17. The lowest BCUT2D eigenvalue weighted by Crippen LogP contribution is -2.13. The Kier molecular flexibility index (Phi) is 4.19. The molecule has 0 saturated carbocycles. The van der Waals surface area contributed by atoms with Gasteiger partial charge in [0.05, 0.1) is 12.1 Å². The van der Waals surface area contributed by atoms with Gasteiger partial charge >= 0.3 is 0 Å². The summed E-state index contributed by atoms with van der Waals surface area (Å²) >= 11 is 4.77. The molecular weight excluding hydrogens is 196 g/mol. The van der Waals surface area contributed by atoms with Gasteiger partial charge in [-0.3, -0.25) is 0 Å². The topological polar surface area (TPSA) is 47.3 Å². The maximum Gasteiger partial charge on any atom is 0.120 e. The van der Waals surface area contributed by atoms with Crippen LogP contribution in [0.5, 0.6) is 5.75 Å². The molecule has 0 amide bonds. The summed E-state index contributed by atoms with van der Waals surface area (Å²) < 4.78 is 5.09. The average Bonchev–Trinajstić information content (AvgIpc) is 2.18. The fourth-order valence-electron chi connectivity index (χ4n) is 1.06. The molecule has 0 saturated heterocycles. The Bertz CT molecular complexity index is 315. The molecule has 1 rings (SSSR count). The first-order valence-electron chi connectivity index (χ1n) is 4.38. The first kappa shape index (κ1) is 10.8. The standard InChI is InChI=1S/C10H14N2OS/c1-13-9-4-2-3-8(7-9)12-6-5-10(11)14/h2-4,7,12H,5-6H2,1H3,(H2,11,14). The van der Waals surface area contributed by atoms with Gasteiger partial charge in [-0.1, -0.05) is 18.3 Å². The van der Waals surface area contributed by atoms with E-state index in [1.54, 1.807) is 7.11 Å². The van der Waals surface area contributed by atoms with E-state index in [2.05, 4.69) is 5.32 Å². The van der Waals surface area contributed by atoms with E-state index in [0.717, 1.165) is 18.0 Å². The molecule has 0 aliphatic carbocycles. The van der Waals surface area contributed by atoms with Gasteiger partial charge in [0.25, 0.3) is 0 Å². The van der Waals surface area contributed by atoms with Crippen LogP contribution in [0, 0.1) is 0 Å². The Labute approximate surface area is 89.3 Å². The molecular formula is C10H14N2OS. The van der Waals surface area contributed by atoms with Crippen LogP contribution in [0.1, 0.15) is 6.42 Å². The number of nitrogens with two attached hydrogens (primary N) is 1. The normalized spacial score (nSPS) is 9.50. The fraction of sp³-hybridized carbons (Fsp3) is 0.300. The zero-order valence-electron chi connectivity index (χ0n) is 8.12. The third-order valence-electron chi connectivity index (χ3n) is 1.77. The lowest BCUT2D eigenvalue weighted by atomic mass is 10.3. The predicted octanol–water partition coefficient (Wildman–Crippen LogP) is 1.78. The summed E-state index contributed by atoms with van der Waals surface area (Å²) in [6.45, 7) is 0.752. The highest BCUT2D eigenvalue weighted by Crippen LogP contribution is 2.16. The summed E-state index contributed by atoms with van der Waals surface area (Å²) in [4.78, 5) is 0.528. The third kappa shape index (κ3) is 3.62. The average molecular weight is 210 g/mol. The summed E-state index contributed by atoms with van der Waals surface area (Å²) in [6, 6.07) is 7.74. The second-order valence-corrected chi connectivity index (χ2v) is 3.40. The lowest BCUT2D eigenvalue weighted by Gasteiger charge is -2.06. The van der Waals surface area contributed by atoms with Crippen molar-refractivity contribution in [2.24, 2.45) is 5.73 Å². The number of hydrogen-bond donors (Lipinski definition) is 2. The molecule has 76 valence electrons. The van der Waals surface area contributed by atoms with Crippen molar-refractivity contribution in [1.82, 2.24) is 0 Å². The summed E-state index contributed by atoms with van der Waals surface area (Å²) in [5, 5.41) is 3.20. The van der Waals surface area contributed by atoms with Gasteiger partial charge in [-0.25, -0.2) is 0 Å². The Morgan fingerprint density at radius 1 is 1.57 bits per heavy atom. The van der Waals surface area contributed by atoms with E-state index in [0.29, 0.717) is 11.4 Å². The minimum Gasteiger partial charge on any atom is -0.497 e. The molecule has 14 heavy (non-hydrogen) atoms. The number of nitrogens with one attached hydrogen (secondary N) is 1. The van der Waals surface area contributed by atoms with Gasteiger partial charge in [0, 0.05) is 24.7 Å². The minimum absolute atomic E-state index is 0.528. The van der Waals surface area contributed by atoms with Crippen molar-refractivity contribution in [1.29, 1.82) is 0 Å². The smallest absolute Gasteiger partial charge is 0.120 e. The molecule has 0 atom stereocenters. The zero-order chi connectivity index (χ0) is 10.4. The van der Waals surface area contributed by atoms with Crippen molar-refractivity contribution in [3.05, 3.63) is 24.3 Å². The minimum atomic E-state index is 0.528. The van der Waals surface area contributed by atoms with Crippen LogP contribution >= 0.6 is 12.2 Å². The summed E-state index contributed by atoms with van der Waals surface area (Å²) in [5.74, 6) is 0.838. The molecule has 0 aromatic heterocycles. The van der Waals surface area contributed by atoms with E-state index in [4.69, 9.17) is 22.7 Å². The number of rotatable bonds is 5. The lowest BCUT2D eigenvalue weighted by molar-refractivity contribution is 0.415. The first-order chi connectivity index (χ1) is 6.72. The SMILES string of the molecule is COc1cccc(NCCC(N)=S)c1. The van der Waals surface area contributed by atoms with E-state index in [9.17, 15) is 0 Å². The molecule has 3 N–H and O–H groups in total. The van der Waals surface area contributed by atoms with Crippen molar-refractivity contribution in [3.8, 4) is 5.75 Å². The van der Waals surface area contributed by atoms with Crippen LogP contribution in [0.15, 0.2) is 24.3 Å². The summed E-state index contributed by atoms with van der Waals surface area (Å²) in [7, 11) is 1.65. The number of benzene rings is 1. The third-order valence-corrected chi connectivity index (χ3v) is 1.97. The summed E-state index contributed by atoms with van der Waals surface area (Å²) in [5.41, 5.74) is 6.39. The van der Waals surface area contributed by atoms with Crippen LogP contribution < -0.4 is 15.8 Å². The molecule has 0 radical (unpaired) electrons. The Morgan fingerprint density at radius 2 is 2.36 bits per heavy atom. The number of hydrogen-bond acceptors (Lipinski definition) is 3. The molecule has 0 fully saturated rings. The van der Waals surface area contributed by atoms with E-state index in [1.165, 1.54) is 0 Å². The Balaban J connectivity index is 2.46. The van der Waals surface area contributed by atoms with E-state index in [-0.39, 0.29) is 0 Å². The van der Waals surface area contributed by atoms with Gasteiger partial charge in [-0.2, -0.15) is 0 Å². The van der Waals surface area contributed by atoms with Crippen molar-refractivity contribution in [2.75, 3.05) is 19.0 Å². The van der Waals surface area contributed by atoms with Gasteiger partial charge < -0.3 is 15.8 Å². The monoisotopic (exact) mass is 210 g/mol. The van der Waals surface area contributed by atoms with Crippen molar-refractivity contribution in [3.63, 3.8) is 0 Å². The van der Waals surface area contributed by atoms with Crippen molar-refractivity contribution < 1.29 is 4.74 Å². The van der Waals surface area contributed by atoms with E-state index in [1.807, 2.05) is 24.3 Å². The number of thiocarbonyl (C=S) groups is 1. The van der Waals surface area contributed by atoms with Crippen LogP contribution in [0.3, 0.4) is 0 Å².